The van der Waals surface area contributed by atoms with Gasteiger partial charge in [-0.05, 0) is 54.1 Å². The van der Waals surface area contributed by atoms with Gasteiger partial charge in [0.2, 0.25) is 11.2 Å². The van der Waals surface area contributed by atoms with Gasteiger partial charge in [0.15, 0.2) is 0 Å². The van der Waals surface area contributed by atoms with Gasteiger partial charge < -0.3 is 15.2 Å². The minimum atomic E-state index is -0.373. The topological polar surface area (TPSA) is 76.0 Å². The number of halogens is 2. The molecule has 0 aliphatic rings. The Morgan fingerprint density at radius 1 is 1.19 bits per heavy atom. The zero-order chi connectivity index (χ0) is 18.7. The van der Waals surface area contributed by atoms with Crippen molar-refractivity contribution in [2.75, 3.05) is 11.9 Å². The van der Waals surface area contributed by atoms with Crippen LogP contribution in [0, 0.1) is 5.82 Å². The maximum Gasteiger partial charge on any atom is 0.251 e. The Kier molecular flexibility index (Phi) is 5.18. The lowest BCUT2D eigenvalue weighted by atomic mass is 10.2. The number of imidazole rings is 1. The fourth-order valence-electron chi connectivity index (χ4n) is 2.45. The van der Waals surface area contributed by atoms with Crippen molar-refractivity contribution in [1.82, 2.24) is 14.9 Å². The smallest absolute Gasteiger partial charge is 0.251 e. The predicted octanol–water partition coefficient (Wildman–Crippen LogP) is 3.12. The summed E-state index contributed by atoms with van der Waals surface area (Å²) in [6, 6.07) is 10.5. The van der Waals surface area contributed by atoms with E-state index in [2.05, 4.69) is 15.6 Å². The number of hydrogen-bond donors (Lipinski definition) is 2. The molecule has 2 aromatic carbocycles. The molecule has 0 atom stereocenters. The van der Waals surface area contributed by atoms with Crippen LogP contribution in [-0.2, 0) is 11.8 Å². The largest absolute Gasteiger partial charge is 0.352 e. The predicted molar refractivity (Wildman–Crippen MR) is 97.7 cm³/mol. The number of carbonyl (C=O) groups is 2. The van der Waals surface area contributed by atoms with Gasteiger partial charge in [-0.3, -0.25) is 9.59 Å². The Labute approximate surface area is 154 Å². The van der Waals surface area contributed by atoms with Crippen molar-refractivity contribution >= 4 is 40.1 Å². The molecule has 6 nitrogen and oxygen atoms in total. The van der Waals surface area contributed by atoms with Crippen molar-refractivity contribution < 1.29 is 14.0 Å². The van der Waals surface area contributed by atoms with E-state index in [1.807, 2.05) is 0 Å². The van der Waals surface area contributed by atoms with Crippen LogP contribution in [0.3, 0.4) is 0 Å². The van der Waals surface area contributed by atoms with Gasteiger partial charge >= 0.3 is 0 Å². The lowest BCUT2D eigenvalue weighted by Gasteiger charge is -2.07. The number of anilines is 1. The first kappa shape index (κ1) is 17.9. The standard InChI is InChI=1S/C18H16ClFN4O2/c1-24-15-10-11(2-7-14(15)23-18(24)19)17(26)21-9-8-16(25)22-13-5-3-12(20)4-6-13/h2-7,10H,8-9H2,1H3,(H,21,26)(H,22,25). The number of nitrogens with one attached hydrogen (secondary N) is 2. The molecule has 2 amide bonds. The summed E-state index contributed by atoms with van der Waals surface area (Å²) < 4.78 is 14.5. The fourth-order valence-corrected chi connectivity index (χ4v) is 2.63. The number of fused-ring (bicyclic) bond motifs is 1. The molecule has 0 bridgehead atoms. The van der Waals surface area contributed by atoms with Crippen LogP contribution in [0.5, 0.6) is 0 Å². The van der Waals surface area contributed by atoms with E-state index in [1.165, 1.54) is 24.3 Å². The summed E-state index contributed by atoms with van der Waals surface area (Å²) in [5.41, 5.74) is 2.40. The number of rotatable bonds is 5. The Hall–Kier alpha value is -2.93. The lowest BCUT2D eigenvalue weighted by Crippen LogP contribution is -2.27. The van der Waals surface area contributed by atoms with Crippen molar-refractivity contribution in [3.63, 3.8) is 0 Å². The molecule has 0 aliphatic carbocycles. The van der Waals surface area contributed by atoms with Crippen molar-refractivity contribution in [1.29, 1.82) is 0 Å². The third-order valence-electron chi connectivity index (χ3n) is 3.85. The van der Waals surface area contributed by atoms with Crippen molar-refractivity contribution in [3.8, 4) is 0 Å². The maximum atomic E-state index is 12.8. The summed E-state index contributed by atoms with van der Waals surface area (Å²) in [7, 11) is 1.76. The zero-order valence-corrected chi connectivity index (χ0v) is 14.7. The number of amides is 2. The van der Waals surface area contributed by atoms with Crippen molar-refractivity contribution in [2.45, 2.75) is 6.42 Å². The number of nitrogens with zero attached hydrogens (tertiary/aromatic N) is 2. The molecular formula is C18H16ClFN4O2. The van der Waals surface area contributed by atoms with E-state index in [1.54, 1.807) is 29.8 Å². The number of aromatic nitrogens is 2. The average Bonchev–Trinajstić information content (AvgIpc) is 2.91. The molecule has 0 spiro atoms. The number of aryl methyl sites for hydroxylation is 1. The first-order chi connectivity index (χ1) is 12.4. The fraction of sp³-hybridized carbons (Fsp3) is 0.167. The van der Waals surface area contributed by atoms with Gasteiger partial charge in [-0.2, -0.15) is 0 Å². The minimum absolute atomic E-state index is 0.100. The summed E-state index contributed by atoms with van der Waals surface area (Å²) in [6.07, 6.45) is 0.100. The summed E-state index contributed by atoms with van der Waals surface area (Å²) in [6.45, 7) is 0.177. The molecule has 8 heteroatoms. The third-order valence-corrected chi connectivity index (χ3v) is 4.19. The van der Waals surface area contributed by atoms with Crippen LogP contribution in [0.4, 0.5) is 10.1 Å². The second-order valence-electron chi connectivity index (χ2n) is 5.70. The van der Waals surface area contributed by atoms with E-state index < -0.39 is 0 Å². The van der Waals surface area contributed by atoms with E-state index in [-0.39, 0.29) is 30.6 Å². The van der Waals surface area contributed by atoms with E-state index >= 15 is 0 Å². The average molecular weight is 375 g/mol. The highest BCUT2D eigenvalue weighted by Crippen LogP contribution is 2.19. The van der Waals surface area contributed by atoms with Crippen molar-refractivity contribution in [3.05, 3.63) is 59.1 Å². The first-order valence-corrected chi connectivity index (χ1v) is 8.27. The number of carbonyl (C=O) groups excluding carboxylic acids is 2. The molecule has 3 rings (SSSR count). The molecule has 0 saturated carbocycles. The molecule has 0 saturated heterocycles. The van der Waals surface area contributed by atoms with Crippen LogP contribution >= 0.6 is 11.6 Å². The Balaban J connectivity index is 1.54. The Morgan fingerprint density at radius 2 is 1.92 bits per heavy atom. The second-order valence-corrected chi connectivity index (χ2v) is 6.04. The zero-order valence-electron chi connectivity index (χ0n) is 13.9. The SMILES string of the molecule is Cn1c(Cl)nc2ccc(C(=O)NCCC(=O)Nc3ccc(F)cc3)cc21. The first-order valence-electron chi connectivity index (χ1n) is 7.89. The van der Waals surface area contributed by atoms with E-state index in [4.69, 9.17) is 11.6 Å². The maximum absolute atomic E-state index is 12.8. The van der Waals surface area contributed by atoms with Crippen LogP contribution in [0.1, 0.15) is 16.8 Å². The van der Waals surface area contributed by atoms with Crippen LogP contribution in [-0.4, -0.2) is 27.9 Å². The highest BCUT2D eigenvalue weighted by molar-refractivity contribution is 6.29. The van der Waals surface area contributed by atoms with Crippen molar-refractivity contribution in [2.24, 2.45) is 7.05 Å². The third kappa shape index (κ3) is 4.00. The van der Waals surface area contributed by atoms with Crippen LogP contribution in [0.15, 0.2) is 42.5 Å². The summed E-state index contributed by atoms with van der Waals surface area (Å²) in [5.74, 6) is -0.938. The number of hydrogen-bond acceptors (Lipinski definition) is 3. The highest BCUT2D eigenvalue weighted by atomic mass is 35.5. The summed E-state index contributed by atoms with van der Waals surface area (Å²) in [5, 5.41) is 5.67. The van der Waals surface area contributed by atoms with Gasteiger partial charge in [0.25, 0.3) is 5.91 Å². The molecule has 3 aromatic rings. The molecule has 2 N–H and O–H groups in total. The van der Waals surface area contributed by atoms with Gasteiger partial charge in [-0.25, -0.2) is 9.37 Å². The van der Waals surface area contributed by atoms with Gasteiger partial charge in [0.05, 0.1) is 11.0 Å². The highest BCUT2D eigenvalue weighted by Gasteiger charge is 2.11. The molecule has 0 radical (unpaired) electrons. The molecule has 0 aliphatic heterocycles. The minimum Gasteiger partial charge on any atom is -0.352 e. The second kappa shape index (κ2) is 7.53. The van der Waals surface area contributed by atoms with Crippen LogP contribution in [0.2, 0.25) is 5.28 Å². The van der Waals surface area contributed by atoms with E-state index in [0.717, 1.165) is 5.52 Å². The van der Waals surface area contributed by atoms with Gasteiger partial charge in [-0.1, -0.05) is 0 Å². The molecular weight excluding hydrogens is 359 g/mol. The molecule has 1 heterocycles. The number of benzene rings is 2. The van der Waals surface area contributed by atoms with Crippen LogP contribution < -0.4 is 10.6 Å². The molecule has 1 aromatic heterocycles. The Morgan fingerprint density at radius 3 is 2.65 bits per heavy atom. The normalized spacial score (nSPS) is 10.7. The molecule has 134 valence electrons. The van der Waals surface area contributed by atoms with E-state index in [0.29, 0.717) is 22.1 Å². The summed E-state index contributed by atoms with van der Waals surface area (Å²) >= 11 is 5.96. The van der Waals surface area contributed by atoms with Gasteiger partial charge in [0, 0.05) is 31.3 Å². The summed E-state index contributed by atoms with van der Waals surface area (Å²) in [4.78, 5) is 28.3. The Bertz CT molecular complexity index is 969. The molecule has 26 heavy (non-hydrogen) atoms. The quantitative estimate of drug-likeness (QED) is 0.720. The molecule has 0 unspecified atom stereocenters. The van der Waals surface area contributed by atoms with E-state index in [9.17, 15) is 14.0 Å². The lowest BCUT2D eigenvalue weighted by molar-refractivity contribution is -0.116. The van der Waals surface area contributed by atoms with Gasteiger partial charge in [0.1, 0.15) is 5.82 Å². The van der Waals surface area contributed by atoms with Crippen LogP contribution in [0.25, 0.3) is 11.0 Å². The monoisotopic (exact) mass is 374 g/mol. The molecule has 0 fully saturated rings. The van der Waals surface area contributed by atoms with Gasteiger partial charge in [-0.15, -0.1) is 0 Å².